The summed E-state index contributed by atoms with van der Waals surface area (Å²) in [6.45, 7) is 0. The van der Waals surface area contributed by atoms with Gasteiger partial charge in [0.25, 0.3) is 11.6 Å². The van der Waals surface area contributed by atoms with Crippen molar-refractivity contribution in [2.75, 3.05) is 9.96 Å². The zero-order chi connectivity index (χ0) is 28.7. The van der Waals surface area contributed by atoms with Crippen molar-refractivity contribution in [3.05, 3.63) is 130 Å². The summed E-state index contributed by atoms with van der Waals surface area (Å²) in [6.07, 6.45) is -1.23. The van der Waals surface area contributed by atoms with Crippen LogP contribution in [0.25, 0.3) is 0 Å². The first-order chi connectivity index (χ1) is 19.8. The average molecular weight is 554 g/mol. The van der Waals surface area contributed by atoms with Crippen LogP contribution in [0.4, 0.5) is 21.5 Å². The largest absolute Gasteiger partial charge is 0.423 e. The number of benzene rings is 4. The summed E-state index contributed by atoms with van der Waals surface area (Å²) in [5.41, 5.74) is 1.17. The van der Waals surface area contributed by atoms with Crippen LogP contribution in [0, 0.1) is 21.8 Å². The van der Waals surface area contributed by atoms with Gasteiger partial charge in [0.05, 0.1) is 27.9 Å². The van der Waals surface area contributed by atoms with Gasteiger partial charge in [0.15, 0.2) is 6.10 Å². The summed E-state index contributed by atoms with van der Waals surface area (Å²) >= 11 is 0. The molecule has 0 aliphatic carbocycles. The number of carbonyl (C=O) groups excluding carboxylic acids is 3. The number of imide groups is 1. The van der Waals surface area contributed by atoms with Gasteiger partial charge in [-0.2, -0.15) is 0 Å². The van der Waals surface area contributed by atoms with E-state index < -0.39 is 46.6 Å². The lowest BCUT2D eigenvalue weighted by Gasteiger charge is -2.28. The van der Waals surface area contributed by atoms with Gasteiger partial charge in [-0.05, 0) is 60.2 Å². The van der Waals surface area contributed by atoms with Crippen LogP contribution in [0.2, 0.25) is 0 Å². The number of nitro groups is 1. The van der Waals surface area contributed by atoms with E-state index in [0.29, 0.717) is 11.1 Å². The molecule has 2 heterocycles. The fourth-order valence-corrected chi connectivity index (χ4v) is 5.04. The fourth-order valence-electron chi connectivity index (χ4n) is 5.04. The lowest BCUT2D eigenvalue weighted by atomic mass is 9.90. The van der Waals surface area contributed by atoms with E-state index in [1.165, 1.54) is 35.4 Å². The summed E-state index contributed by atoms with van der Waals surface area (Å²) in [5, 5.41) is 12.8. The highest BCUT2D eigenvalue weighted by molar-refractivity contribution is 6.23. The van der Waals surface area contributed by atoms with E-state index >= 15 is 0 Å². The normalized spacial score (nSPS) is 19.8. The Labute approximate surface area is 232 Å². The first kappa shape index (κ1) is 25.8. The van der Waals surface area contributed by atoms with Crippen molar-refractivity contribution in [1.29, 1.82) is 0 Å². The Bertz CT molecular complexity index is 1660. The van der Waals surface area contributed by atoms with E-state index in [1.807, 2.05) is 0 Å². The van der Waals surface area contributed by atoms with Gasteiger partial charge in [-0.25, -0.2) is 19.1 Å². The molecule has 0 aromatic heterocycles. The molecule has 6 rings (SSSR count). The zero-order valence-electron chi connectivity index (χ0n) is 21.1. The van der Waals surface area contributed by atoms with Crippen LogP contribution >= 0.6 is 0 Å². The molecule has 0 saturated carbocycles. The van der Waals surface area contributed by atoms with Gasteiger partial charge in [0.1, 0.15) is 17.5 Å². The van der Waals surface area contributed by atoms with Gasteiger partial charge >= 0.3 is 5.97 Å². The highest BCUT2D eigenvalue weighted by Crippen LogP contribution is 2.48. The van der Waals surface area contributed by atoms with Crippen molar-refractivity contribution < 1.29 is 33.3 Å². The van der Waals surface area contributed by atoms with Gasteiger partial charge in [-0.3, -0.25) is 24.5 Å². The molecule has 0 unspecified atom stereocenters. The van der Waals surface area contributed by atoms with Gasteiger partial charge in [-0.15, -0.1) is 0 Å². The van der Waals surface area contributed by atoms with Crippen molar-refractivity contribution in [3.63, 3.8) is 0 Å². The molecule has 4 aromatic rings. The fraction of sp³-hybridized carbons (Fsp3) is 0.100. The second-order valence-electron chi connectivity index (χ2n) is 9.41. The number of non-ortho nitro benzene ring substituents is 1. The first-order valence-corrected chi connectivity index (χ1v) is 12.5. The lowest BCUT2D eigenvalue weighted by Crippen LogP contribution is -2.37. The van der Waals surface area contributed by atoms with Crippen molar-refractivity contribution in [3.8, 4) is 5.75 Å². The Morgan fingerprint density at radius 2 is 1.56 bits per heavy atom. The molecule has 2 aliphatic rings. The summed E-state index contributed by atoms with van der Waals surface area (Å²) in [6, 6.07) is 24.6. The second kappa shape index (κ2) is 10.3. The van der Waals surface area contributed by atoms with Crippen LogP contribution in [0.5, 0.6) is 5.75 Å². The molecule has 10 nitrogen and oxygen atoms in total. The third kappa shape index (κ3) is 4.68. The second-order valence-corrected chi connectivity index (χ2v) is 9.41. The molecule has 11 heteroatoms. The Balaban J connectivity index is 1.35. The van der Waals surface area contributed by atoms with Crippen LogP contribution in [-0.2, 0) is 14.4 Å². The van der Waals surface area contributed by atoms with E-state index in [-0.39, 0.29) is 22.8 Å². The number of esters is 1. The Hall–Kier alpha value is -5.42. The van der Waals surface area contributed by atoms with E-state index in [1.54, 1.807) is 60.7 Å². The molecule has 2 fully saturated rings. The predicted molar refractivity (Wildman–Crippen MR) is 143 cm³/mol. The molecule has 0 spiro atoms. The van der Waals surface area contributed by atoms with Crippen LogP contribution < -0.4 is 14.7 Å². The van der Waals surface area contributed by atoms with Gasteiger partial charge in [0.2, 0.25) is 5.91 Å². The molecule has 2 saturated heterocycles. The lowest BCUT2D eigenvalue weighted by molar-refractivity contribution is -0.384. The maximum absolute atomic E-state index is 13.7. The molecule has 0 radical (unpaired) electrons. The smallest absolute Gasteiger partial charge is 0.343 e. The number of fused-ring (bicyclic) bond motifs is 1. The standard InChI is InChI=1S/C30H20FN3O7/c31-20-11-13-21(14-12-20)32-28(35)25-26(18-9-15-24(16-10-18)40-30(37)19-5-2-1-3-6-19)33(41-27(25)29(32)36)22-7-4-8-23(17-22)34(38)39/h1-17,25-27H/t25-,26-,27-/m0/s1. The van der Waals surface area contributed by atoms with Gasteiger partial charge in [0, 0.05) is 12.1 Å². The number of nitro benzene ring substituents is 1. The molecular formula is C30H20FN3O7. The van der Waals surface area contributed by atoms with Gasteiger partial charge in [-0.1, -0.05) is 36.4 Å². The maximum Gasteiger partial charge on any atom is 0.343 e. The first-order valence-electron chi connectivity index (χ1n) is 12.5. The highest BCUT2D eigenvalue weighted by Gasteiger charge is 2.60. The number of carbonyl (C=O) groups is 3. The van der Waals surface area contributed by atoms with E-state index in [4.69, 9.17) is 9.57 Å². The molecule has 41 heavy (non-hydrogen) atoms. The quantitative estimate of drug-likeness (QED) is 0.108. The Morgan fingerprint density at radius 3 is 2.24 bits per heavy atom. The monoisotopic (exact) mass is 553 g/mol. The molecule has 0 N–H and O–H groups in total. The summed E-state index contributed by atoms with van der Waals surface area (Å²) in [4.78, 5) is 57.5. The third-order valence-electron chi connectivity index (χ3n) is 6.94. The van der Waals surface area contributed by atoms with Gasteiger partial charge < -0.3 is 4.74 Å². The molecule has 3 atom stereocenters. The van der Waals surface area contributed by atoms with Crippen LogP contribution in [0.1, 0.15) is 22.0 Å². The molecular weight excluding hydrogens is 533 g/mol. The predicted octanol–water partition coefficient (Wildman–Crippen LogP) is 5.00. The van der Waals surface area contributed by atoms with Crippen molar-refractivity contribution in [2.45, 2.75) is 12.1 Å². The number of hydrogen-bond acceptors (Lipinski definition) is 8. The summed E-state index contributed by atoms with van der Waals surface area (Å²) in [5.74, 6) is -3.05. The number of amides is 2. The molecule has 204 valence electrons. The minimum atomic E-state index is -1.23. The van der Waals surface area contributed by atoms with E-state index in [0.717, 1.165) is 17.0 Å². The molecule has 2 aliphatic heterocycles. The summed E-state index contributed by atoms with van der Waals surface area (Å²) < 4.78 is 19.0. The summed E-state index contributed by atoms with van der Waals surface area (Å²) in [7, 11) is 0. The number of hydroxylamine groups is 1. The SMILES string of the molecule is O=C(Oc1ccc([C@H]2[C@@H]3C(=O)N(c4ccc(F)cc4)C(=O)[C@H]3ON2c2cccc([N+](=O)[O-])c2)cc1)c1ccccc1. The third-order valence-corrected chi connectivity index (χ3v) is 6.94. The van der Waals surface area contributed by atoms with Crippen LogP contribution in [-0.4, -0.2) is 28.8 Å². The Kier molecular flexibility index (Phi) is 6.48. The molecule has 4 aromatic carbocycles. The number of anilines is 2. The number of rotatable bonds is 6. The minimum Gasteiger partial charge on any atom is -0.423 e. The number of hydrogen-bond donors (Lipinski definition) is 0. The highest BCUT2D eigenvalue weighted by atomic mass is 19.1. The Morgan fingerprint density at radius 1 is 0.854 bits per heavy atom. The van der Waals surface area contributed by atoms with Crippen molar-refractivity contribution in [1.82, 2.24) is 0 Å². The average Bonchev–Trinajstić information content (AvgIpc) is 3.50. The maximum atomic E-state index is 13.7. The van der Waals surface area contributed by atoms with Crippen LogP contribution in [0.3, 0.4) is 0 Å². The number of nitrogens with zero attached hydrogens (tertiary/aromatic N) is 3. The zero-order valence-corrected chi connectivity index (χ0v) is 21.1. The molecule has 0 bridgehead atoms. The topological polar surface area (TPSA) is 119 Å². The number of ether oxygens (including phenoxy) is 1. The van der Waals surface area contributed by atoms with Crippen LogP contribution in [0.15, 0.2) is 103 Å². The minimum absolute atomic E-state index is 0.197. The van der Waals surface area contributed by atoms with Crippen molar-refractivity contribution >= 4 is 34.8 Å². The van der Waals surface area contributed by atoms with E-state index in [2.05, 4.69) is 0 Å². The van der Waals surface area contributed by atoms with Crippen molar-refractivity contribution in [2.24, 2.45) is 5.92 Å². The van der Waals surface area contributed by atoms with E-state index in [9.17, 15) is 28.9 Å². The number of halogens is 1. The molecule has 2 amide bonds.